The molecule has 2 aromatic carbocycles. The normalized spacial score (nSPS) is 12.7. The summed E-state index contributed by atoms with van der Waals surface area (Å²) in [6.45, 7) is 1.56. The molecule has 2 aromatic heterocycles. The van der Waals surface area contributed by atoms with Gasteiger partial charge in [0.2, 0.25) is 0 Å². The maximum atomic E-state index is 12.9. The van der Waals surface area contributed by atoms with Crippen LogP contribution < -0.4 is 10.3 Å². The minimum atomic E-state index is -4.64. The first-order valence-electron chi connectivity index (χ1n) is 9.00. The lowest BCUT2D eigenvalue weighted by Gasteiger charge is -2.05. The number of hydrogen-bond acceptors (Lipinski definition) is 9. The number of methoxy groups -OCH3 is 1. The molecule has 0 bridgehead atoms. The van der Waals surface area contributed by atoms with Crippen LogP contribution in [-0.4, -0.2) is 47.6 Å². The number of fused-ring (bicyclic) bond motifs is 2. The van der Waals surface area contributed by atoms with Crippen molar-refractivity contribution < 1.29 is 30.7 Å². The molecule has 0 aliphatic carbocycles. The van der Waals surface area contributed by atoms with Gasteiger partial charge in [-0.15, -0.1) is 10.2 Å². The van der Waals surface area contributed by atoms with Crippen molar-refractivity contribution in [1.29, 1.82) is 0 Å². The zero-order valence-corrected chi connectivity index (χ0v) is 18.5. The van der Waals surface area contributed by atoms with Gasteiger partial charge in [-0.25, -0.2) is 4.98 Å². The molecular formula is C18H15N5O8S2. The number of hydrogen-bond donors (Lipinski definition) is 3. The average Bonchev–Trinajstić information content (AvgIpc) is 3.06. The molecule has 0 aliphatic rings. The standard InChI is InChI=1S/C18H15N5O8S2/c1-9-16(21-20-14-5-3-10(31-2)7-15(14)33(28,29)30)17-19-13-6-4-11(32(25,26)27)8-12(13)18(24)23(17)22-9/h3-8,22H,1-2H3,(H,25,26,27)(H,28,29,30). The van der Waals surface area contributed by atoms with E-state index in [0.29, 0.717) is 5.69 Å². The molecule has 0 saturated heterocycles. The molecule has 2 heterocycles. The van der Waals surface area contributed by atoms with Crippen molar-refractivity contribution in [2.45, 2.75) is 16.7 Å². The van der Waals surface area contributed by atoms with E-state index in [-0.39, 0.29) is 33.7 Å². The van der Waals surface area contributed by atoms with Gasteiger partial charge in [0.05, 0.1) is 28.6 Å². The van der Waals surface area contributed by atoms with Crippen molar-refractivity contribution in [2.75, 3.05) is 7.11 Å². The van der Waals surface area contributed by atoms with Crippen LogP contribution in [0.4, 0.5) is 11.4 Å². The zero-order chi connectivity index (χ0) is 24.1. The Balaban J connectivity index is 1.91. The molecule has 0 fully saturated rings. The Labute approximate surface area is 185 Å². The summed E-state index contributed by atoms with van der Waals surface area (Å²) < 4.78 is 70.9. The number of aromatic amines is 1. The predicted molar refractivity (Wildman–Crippen MR) is 115 cm³/mol. The van der Waals surface area contributed by atoms with Gasteiger partial charge >= 0.3 is 0 Å². The largest absolute Gasteiger partial charge is 0.497 e. The molecule has 172 valence electrons. The minimum absolute atomic E-state index is 0.0373. The van der Waals surface area contributed by atoms with E-state index in [0.717, 1.165) is 22.7 Å². The van der Waals surface area contributed by atoms with E-state index in [1.165, 1.54) is 25.3 Å². The van der Waals surface area contributed by atoms with Crippen molar-refractivity contribution in [3.8, 4) is 5.75 Å². The fourth-order valence-corrected chi connectivity index (χ4v) is 4.26. The minimum Gasteiger partial charge on any atom is -0.497 e. The molecule has 0 spiro atoms. The highest BCUT2D eigenvalue weighted by Crippen LogP contribution is 2.32. The highest BCUT2D eigenvalue weighted by atomic mass is 32.2. The quantitative estimate of drug-likeness (QED) is 0.276. The Morgan fingerprint density at radius 3 is 2.39 bits per heavy atom. The number of azo groups is 1. The molecule has 15 heteroatoms. The van der Waals surface area contributed by atoms with E-state index in [4.69, 9.17) is 4.74 Å². The number of aryl methyl sites for hydroxylation is 1. The van der Waals surface area contributed by atoms with E-state index in [1.807, 2.05) is 0 Å². The number of nitrogens with one attached hydrogen (secondary N) is 1. The average molecular weight is 493 g/mol. The fraction of sp³-hybridized carbons (Fsp3) is 0.111. The second-order valence-corrected chi connectivity index (χ2v) is 9.64. The Bertz CT molecular complexity index is 1740. The number of ether oxygens (including phenoxy) is 1. The van der Waals surface area contributed by atoms with Crippen LogP contribution in [0.3, 0.4) is 0 Å². The van der Waals surface area contributed by atoms with Gasteiger partial charge in [-0.2, -0.15) is 21.4 Å². The van der Waals surface area contributed by atoms with E-state index in [1.54, 1.807) is 6.92 Å². The third-order valence-electron chi connectivity index (χ3n) is 4.69. The third-order valence-corrected chi connectivity index (χ3v) is 6.42. The van der Waals surface area contributed by atoms with Crippen molar-refractivity contribution >= 4 is 48.2 Å². The summed E-state index contributed by atoms with van der Waals surface area (Å²) in [7, 11) is -7.84. The second-order valence-electron chi connectivity index (χ2n) is 6.82. The van der Waals surface area contributed by atoms with Gasteiger partial charge in [0.25, 0.3) is 25.8 Å². The molecule has 0 unspecified atom stereocenters. The Kier molecular flexibility index (Phi) is 5.28. The van der Waals surface area contributed by atoms with E-state index < -0.39 is 35.6 Å². The van der Waals surface area contributed by atoms with Crippen molar-refractivity contribution in [2.24, 2.45) is 10.2 Å². The van der Waals surface area contributed by atoms with Crippen LogP contribution in [0.2, 0.25) is 0 Å². The van der Waals surface area contributed by atoms with Crippen LogP contribution in [-0.2, 0) is 20.2 Å². The molecule has 0 atom stereocenters. The van der Waals surface area contributed by atoms with Crippen LogP contribution in [0.15, 0.2) is 61.2 Å². The van der Waals surface area contributed by atoms with E-state index in [2.05, 4.69) is 20.3 Å². The van der Waals surface area contributed by atoms with Crippen LogP contribution in [0.1, 0.15) is 5.69 Å². The predicted octanol–water partition coefficient (Wildman–Crippen LogP) is 2.40. The van der Waals surface area contributed by atoms with Gasteiger partial charge in [-0.3, -0.25) is 19.0 Å². The molecule has 0 saturated carbocycles. The number of rotatable bonds is 5. The Hall–Kier alpha value is -3.66. The summed E-state index contributed by atoms with van der Waals surface area (Å²) in [5.41, 5.74) is -0.229. The fourth-order valence-electron chi connectivity index (χ4n) is 3.11. The van der Waals surface area contributed by atoms with Crippen molar-refractivity contribution in [3.63, 3.8) is 0 Å². The molecule has 4 aromatic rings. The van der Waals surface area contributed by atoms with Crippen LogP contribution in [0.5, 0.6) is 5.75 Å². The molecule has 0 radical (unpaired) electrons. The lowest BCUT2D eigenvalue weighted by Crippen LogP contribution is -2.16. The summed E-state index contributed by atoms with van der Waals surface area (Å²) in [6.07, 6.45) is 0. The van der Waals surface area contributed by atoms with Gasteiger partial charge < -0.3 is 4.74 Å². The van der Waals surface area contributed by atoms with Gasteiger partial charge in [0.15, 0.2) is 11.3 Å². The Morgan fingerprint density at radius 1 is 1.03 bits per heavy atom. The highest BCUT2D eigenvalue weighted by molar-refractivity contribution is 7.86. The summed E-state index contributed by atoms with van der Waals surface area (Å²) in [5.74, 6) is 0.175. The molecular weight excluding hydrogens is 478 g/mol. The first-order chi connectivity index (χ1) is 15.4. The SMILES string of the molecule is COc1ccc(N=Nc2c(C)[nH]n3c(=O)c4cc(S(=O)(=O)O)ccc4nc23)c(S(=O)(=O)O)c1. The molecule has 3 N–H and O–H groups in total. The van der Waals surface area contributed by atoms with Crippen LogP contribution in [0.25, 0.3) is 16.6 Å². The molecule has 0 amide bonds. The van der Waals surface area contributed by atoms with Gasteiger partial charge in [0.1, 0.15) is 16.3 Å². The lowest BCUT2D eigenvalue weighted by atomic mass is 10.2. The number of benzene rings is 2. The Morgan fingerprint density at radius 2 is 1.76 bits per heavy atom. The summed E-state index contributed by atoms with van der Waals surface area (Å²) in [6, 6.07) is 7.13. The first kappa shape index (κ1) is 22.5. The van der Waals surface area contributed by atoms with Gasteiger partial charge in [0, 0.05) is 6.07 Å². The maximum Gasteiger partial charge on any atom is 0.296 e. The van der Waals surface area contributed by atoms with E-state index >= 15 is 0 Å². The monoisotopic (exact) mass is 493 g/mol. The van der Waals surface area contributed by atoms with Crippen molar-refractivity contribution in [3.05, 3.63) is 52.4 Å². The first-order valence-corrected chi connectivity index (χ1v) is 11.9. The molecule has 0 aliphatic heterocycles. The van der Waals surface area contributed by atoms with Crippen LogP contribution >= 0.6 is 0 Å². The van der Waals surface area contributed by atoms with Crippen molar-refractivity contribution in [1.82, 2.24) is 14.6 Å². The smallest absolute Gasteiger partial charge is 0.296 e. The van der Waals surface area contributed by atoms with Gasteiger partial charge in [-0.1, -0.05) is 0 Å². The topological polar surface area (TPSA) is 193 Å². The van der Waals surface area contributed by atoms with Gasteiger partial charge in [-0.05, 0) is 37.3 Å². The number of aromatic nitrogens is 3. The van der Waals surface area contributed by atoms with Crippen LogP contribution in [0, 0.1) is 6.92 Å². The highest BCUT2D eigenvalue weighted by Gasteiger charge is 2.19. The third kappa shape index (κ3) is 4.09. The molecule has 4 rings (SSSR count). The summed E-state index contributed by atoms with van der Waals surface area (Å²) in [5, 5.41) is 10.6. The van der Waals surface area contributed by atoms with E-state index in [9.17, 15) is 30.7 Å². The summed E-state index contributed by atoms with van der Waals surface area (Å²) in [4.78, 5) is 16.2. The summed E-state index contributed by atoms with van der Waals surface area (Å²) >= 11 is 0. The molecule has 13 nitrogen and oxygen atoms in total. The number of H-pyrrole nitrogens is 1. The molecule has 33 heavy (non-hydrogen) atoms. The number of nitrogens with zero attached hydrogens (tertiary/aromatic N) is 4. The second kappa shape index (κ2) is 7.73. The maximum absolute atomic E-state index is 12.9. The zero-order valence-electron chi connectivity index (χ0n) is 16.9. The lowest BCUT2D eigenvalue weighted by molar-refractivity contribution is 0.412.